The molecule has 100 valence electrons. The van der Waals surface area contributed by atoms with E-state index in [1.165, 1.54) is 4.90 Å². The topological polar surface area (TPSA) is 63.4 Å². The number of benzene rings is 1. The lowest BCUT2D eigenvalue weighted by Gasteiger charge is -2.26. The molecule has 0 aromatic heterocycles. The Morgan fingerprint density at radius 3 is 2.68 bits per heavy atom. The molecule has 1 heterocycles. The van der Waals surface area contributed by atoms with E-state index in [1.54, 1.807) is 30.0 Å². The van der Waals surface area contributed by atoms with Crippen LogP contribution in [0.5, 0.6) is 0 Å². The van der Waals surface area contributed by atoms with Crippen LogP contribution in [0, 0.1) is 0 Å². The molecule has 0 radical (unpaired) electrons. The number of fused-ring (bicyclic) bond motifs is 1. The maximum absolute atomic E-state index is 12.4. The summed E-state index contributed by atoms with van der Waals surface area (Å²) in [4.78, 5) is 26.3. The van der Waals surface area contributed by atoms with Gasteiger partial charge < -0.3 is 5.73 Å². The Morgan fingerprint density at radius 2 is 1.95 bits per heavy atom. The Kier molecular flexibility index (Phi) is 3.01. The van der Waals surface area contributed by atoms with E-state index in [0.29, 0.717) is 22.1 Å². The lowest BCUT2D eigenvalue weighted by molar-refractivity contribution is 0.0591. The molecule has 19 heavy (non-hydrogen) atoms. The third kappa shape index (κ3) is 1.84. The van der Waals surface area contributed by atoms with Gasteiger partial charge in [0.05, 0.1) is 17.2 Å². The summed E-state index contributed by atoms with van der Waals surface area (Å²) in [5.41, 5.74) is 7.17. The van der Waals surface area contributed by atoms with Gasteiger partial charge in [0, 0.05) is 10.9 Å². The van der Waals surface area contributed by atoms with Crippen molar-refractivity contribution in [3.63, 3.8) is 0 Å². The second-order valence-electron chi connectivity index (χ2n) is 5.06. The molecule has 2 amide bonds. The molecular formula is C14H16N2O2S. The number of thioether (sulfide) groups is 1. The summed E-state index contributed by atoms with van der Waals surface area (Å²) in [6.07, 6.45) is 5.10. The first-order valence-electron chi connectivity index (χ1n) is 6.43. The number of nitrogens with two attached hydrogens (primary N) is 1. The van der Waals surface area contributed by atoms with Crippen molar-refractivity contribution in [1.29, 1.82) is 0 Å². The van der Waals surface area contributed by atoms with Gasteiger partial charge in [-0.15, -0.1) is 0 Å². The van der Waals surface area contributed by atoms with Crippen LogP contribution in [-0.4, -0.2) is 34.3 Å². The van der Waals surface area contributed by atoms with Gasteiger partial charge in [-0.1, -0.05) is 6.42 Å². The molecule has 1 aromatic rings. The van der Waals surface area contributed by atoms with Gasteiger partial charge in [0.2, 0.25) is 0 Å². The molecule has 1 aliphatic carbocycles. The Bertz CT molecular complexity index is 558. The lowest BCUT2D eigenvalue weighted by Crippen LogP contribution is -2.43. The van der Waals surface area contributed by atoms with Gasteiger partial charge in [-0.25, -0.2) is 0 Å². The fourth-order valence-electron chi connectivity index (χ4n) is 3.06. The monoisotopic (exact) mass is 276 g/mol. The molecule has 2 unspecified atom stereocenters. The molecule has 1 saturated carbocycles. The number of nitrogen functional groups attached to an aromatic ring is 1. The molecular weight excluding hydrogens is 260 g/mol. The summed E-state index contributed by atoms with van der Waals surface area (Å²) in [5, 5.41) is 0.361. The smallest absolute Gasteiger partial charge is 0.261 e. The van der Waals surface area contributed by atoms with E-state index < -0.39 is 0 Å². The largest absolute Gasteiger partial charge is 0.399 e. The molecule has 2 N–H and O–H groups in total. The Hall–Kier alpha value is -1.49. The first-order chi connectivity index (χ1) is 9.13. The third-order valence-electron chi connectivity index (χ3n) is 3.99. The third-order valence-corrected chi connectivity index (χ3v) is 5.15. The number of imide groups is 1. The number of carbonyl (C=O) groups excluding carboxylic acids is 2. The summed E-state index contributed by atoms with van der Waals surface area (Å²) in [6.45, 7) is 0. The summed E-state index contributed by atoms with van der Waals surface area (Å²) < 4.78 is 0. The van der Waals surface area contributed by atoms with Gasteiger partial charge in [0.15, 0.2) is 0 Å². The van der Waals surface area contributed by atoms with Gasteiger partial charge in [-0.2, -0.15) is 11.8 Å². The Morgan fingerprint density at radius 1 is 1.21 bits per heavy atom. The maximum atomic E-state index is 12.4. The molecule has 4 nitrogen and oxygen atoms in total. The van der Waals surface area contributed by atoms with Gasteiger partial charge >= 0.3 is 0 Å². The van der Waals surface area contributed by atoms with Crippen LogP contribution in [0.3, 0.4) is 0 Å². The van der Waals surface area contributed by atoms with Crippen LogP contribution in [0.4, 0.5) is 5.69 Å². The zero-order chi connectivity index (χ0) is 13.6. The van der Waals surface area contributed by atoms with Crippen molar-refractivity contribution in [2.24, 2.45) is 0 Å². The van der Waals surface area contributed by atoms with E-state index in [0.717, 1.165) is 19.3 Å². The van der Waals surface area contributed by atoms with Crippen molar-refractivity contribution in [3.8, 4) is 0 Å². The fourth-order valence-corrected chi connectivity index (χ4v) is 4.03. The Labute approximate surface area is 116 Å². The zero-order valence-corrected chi connectivity index (χ0v) is 11.6. The van der Waals surface area contributed by atoms with Crippen LogP contribution >= 0.6 is 11.8 Å². The van der Waals surface area contributed by atoms with Gasteiger partial charge in [-0.05, 0) is 37.3 Å². The van der Waals surface area contributed by atoms with Gasteiger partial charge in [-0.3, -0.25) is 14.5 Å². The van der Waals surface area contributed by atoms with Crippen LogP contribution in [-0.2, 0) is 0 Å². The fraction of sp³-hybridized carbons (Fsp3) is 0.429. The molecule has 1 aromatic carbocycles. The molecule has 2 aliphatic rings. The summed E-state index contributed by atoms with van der Waals surface area (Å²) >= 11 is 1.74. The van der Waals surface area contributed by atoms with Crippen LogP contribution in [0.2, 0.25) is 0 Å². The summed E-state index contributed by atoms with van der Waals surface area (Å²) in [7, 11) is 0. The predicted octanol–water partition coefficient (Wildman–Crippen LogP) is 2.15. The minimum absolute atomic E-state index is 0.0311. The van der Waals surface area contributed by atoms with Gasteiger partial charge in [0.25, 0.3) is 11.8 Å². The van der Waals surface area contributed by atoms with Crippen LogP contribution in [0.25, 0.3) is 0 Å². The van der Waals surface area contributed by atoms with Crippen LogP contribution in [0.15, 0.2) is 18.2 Å². The van der Waals surface area contributed by atoms with Crippen LogP contribution in [0.1, 0.15) is 40.0 Å². The highest BCUT2D eigenvalue weighted by Crippen LogP contribution is 2.36. The standard InChI is InChI=1S/C14H16N2O2S/c1-19-12-4-2-3-11(12)16-13(17)9-6-5-8(15)7-10(9)14(16)18/h5-7,11-12H,2-4,15H2,1H3. The SMILES string of the molecule is CSC1CCCC1N1C(=O)c2ccc(N)cc2C1=O. The highest BCUT2D eigenvalue weighted by molar-refractivity contribution is 7.99. The normalized spacial score (nSPS) is 26.1. The molecule has 3 rings (SSSR count). The predicted molar refractivity (Wildman–Crippen MR) is 76.3 cm³/mol. The van der Waals surface area contributed by atoms with Crippen LogP contribution < -0.4 is 5.73 Å². The van der Waals surface area contributed by atoms with Crippen molar-refractivity contribution >= 4 is 29.3 Å². The van der Waals surface area contributed by atoms with E-state index >= 15 is 0 Å². The number of amides is 2. The van der Waals surface area contributed by atoms with E-state index in [1.807, 2.05) is 6.26 Å². The molecule has 0 spiro atoms. The average Bonchev–Trinajstić information content (AvgIpc) is 2.94. The minimum atomic E-state index is -0.182. The number of rotatable bonds is 2. The van der Waals surface area contributed by atoms with Crippen molar-refractivity contribution in [2.45, 2.75) is 30.6 Å². The second-order valence-corrected chi connectivity index (χ2v) is 6.13. The van der Waals surface area contributed by atoms with Crippen molar-refractivity contribution in [1.82, 2.24) is 4.90 Å². The van der Waals surface area contributed by atoms with E-state index in [-0.39, 0.29) is 17.9 Å². The number of nitrogens with zero attached hydrogens (tertiary/aromatic N) is 1. The highest BCUT2D eigenvalue weighted by Gasteiger charge is 2.44. The molecule has 1 aliphatic heterocycles. The maximum Gasteiger partial charge on any atom is 0.261 e. The van der Waals surface area contributed by atoms with E-state index in [4.69, 9.17) is 5.73 Å². The number of hydrogen-bond donors (Lipinski definition) is 1. The summed E-state index contributed by atoms with van der Waals surface area (Å²) in [5.74, 6) is -0.343. The molecule has 0 bridgehead atoms. The molecule has 5 heteroatoms. The molecule has 1 fully saturated rings. The minimum Gasteiger partial charge on any atom is -0.399 e. The second kappa shape index (κ2) is 4.56. The molecule has 2 atom stereocenters. The first kappa shape index (κ1) is 12.5. The first-order valence-corrected chi connectivity index (χ1v) is 7.72. The van der Waals surface area contributed by atoms with Crippen molar-refractivity contribution in [2.75, 3.05) is 12.0 Å². The Balaban J connectivity index is 1.98. The highest BCUT2D eigenvalue weighted by atomic mass is 32.2. The van der Waals surface area contributed by atoms with E-state index in [2.05, 4.69) is 0 Å². The zero-order valence-electron chi connectivity index (χ0n) is 10.8. The van der Waals surface area contributed by atoms with Gasteiger partial charge in [0.1, 0.15) is 0 Å². The molecule has 0 saturated heterocycles. The van der Waals surface area contributed by atoms with E-state index in [9.17, 15) is 9.59 Å². The number of carbonyl (C=O) groups is 2. The van der Waals surface area contributed by atoms with Crippen molar-refractivity contribution in [3.05, 3.63) is 29.3 Å². The summed E-state index contributed by atoms with van der Waals surface area (Å²) in [6, 6.07) is 4.98. The van der Waals surface area contributed by atoms with Crippen molar-refractivity contribution < 1.29 is 9.59 Å². The quantitative estimate of drug-likeness (QED) is 0.664. The lowest BCUT2D eigenvalue weighted by atomic mass is 10.1. The average molecular weight is 276 g/mol. The number of anilines is 1. The number of hydrogen-bond acceptors (Lipinski definition) is 4.